The van der Waals surface area contributed by atoms with E-state index in [2.05, 4.69) is 6.58 Å². The second-order valence-corrected chi connectivity index (χ2v) is 6.01. The molecule has 2 rings (SSSR count). The van der Waals surface area contributed by atoms with Gasteiger partial charge in [-0.1, -0.05) is 6.58 Å². The summed E-state index contributed by atoms with van der Waals surface area (Å²) in [6.45, 7) is 6.93. The van der Waals surface area contributed by atoms with Crippen LogP contribution in [0.3, 0.4) is 0 Å². The summed E-state index contributed by atoms with van der Waals surface area (Å²) in [5.74, 6) is -1.68. The molecule has 2 atom stereocenters. The summed E-state index contributed by atoms with van der Waals surface area (Å²) in [5, 5.41) is 10.6. The van der Waals surface area contributed by atoms with Crippen LogP contribution in [0, 0.1) is 16.0 Å². The van der Waals surface area contributed by atoms with Crippen LogP contribution >= 0.6 is 0 Å². The number of hydrogen-bond donors (Lipinski definition) is 0. The average Bonchev–Trinajstić information content (AvgIpc) is 2.65. The number of likely N-dealkylation sites (tertiary alicyclic amines) is 1. The third-order valence-electron chi connectivity index (χ3n) is 4.15. The second kappa shape index (κ2) is 8.98. The molecule has 0 bridgehead atoms. The standard InChI is InChI=1S/C18H20N2O8/c1-4-26-17(22)11(2)19-9-15(16(19)21)12(3)28-18(23)27-10-13-5-7-14(8-6-13)20(24)25/h5-8,12,15H,2,4,9-10H2,1,3H3/t12-,15?/m1/s1. The van der Waals surface area contributed by atoms with Gasteiger partial charge in [-0.05, 0) is 31.5 Å². The monoisotopic (exact) mass is 392 g/mol. The summed E-state index contributed by atoms with van der Waals surface area (Å²) >= 11 is 0. The summed E-state index contributed by atoms with van der Waals surface area (Å²) in [5.41, 5.74) is 0.417. The lowest BCUT2D eigenvalue weighted by atomic mass is 9.92. The van der Waals surface area contributed by atoms with Gasteiger partial charge in [-0.15, -0.1) is 0 Å². The molecule has 0 radical (unpaired) electrons. The highest BCUT2D eigenvalue weighted by molar-refractivity contribution is 5.97. The van der Waals surface area contributed by atoms with Crippen molar-refractivity contribution in [1.29, 1.82) is 0 Å². The number of nitro groups is 1. The summed E-state index contributed by atoms with van der Waals surface area (Å²) in [7, 11) is 0. The van der Waals surface area contributed by atoms with Gasteiger partial charge in [0, 0.05) is 18.7 Å². The van der Waals surface area contributed by atoms with Gasteiger partial charge in [0.25, 0.3) is 5.69 Å². The molecule has 1 saturated heterocycles. The number of carbonyl (C=O) groups is 3. The van der Waals surface area contributed by atoms with E-state index in [1.165, 1.54) is 29.2 Å². The Labute approximate surface area is 160 Å². The van der Waals surface area contributed by atoms with Gasteiger partial charge in [0.2, 0.25) is 5.91 Å². The molecule has 10 nitrogen and oxygen atoms in total. The zero-order valence-electron chi connectivity index (χ0n) is 15.5. The van der Waals surface area contributed by atoms with Crippen molar-refractivity contribution in [1.82, 2.24) is 4.90 Å². The summed E-state index contributed by atoms with van der Waals surface area (Å²) < 4.78 is 14.8. The lowest BCUT2D eigenvalue weighted by molar-refractivity contribution is -0.384. The molecule has 1 aromatic carbocycles. The molecule has 0 saturated carbocycles. The summed E-state index contributed by atoms with van der Waals surface area (Å²) in [4.78, 5) is 46.8. The zero-order chi connectivity index (χ0) is 20.8. The second-order valence-electron chi connectivity index (χ2n) is 6.01. The summed E-state index contributed by atoms with van der Waals surface area (Å²) in [6.07, 6.45) is -1.73. The van der Waals surface area contributed by atoms with E-state index < -0.39 is 35.0 Å². The summed E-state index contributed by atoms with van der Waals surface area (Å²) in [6, 6.07) is 5.52. The van der Waals surface area contributed by atoms with Crippen LogP contribution in [0.2, 0.25) is 0 Å². The molecule has 0 N–H and O–H groups in total. The number of non-ortho nitro benzene ring substituents is 1. The van der Waals surface area contributed by atoms with Crippen LogP contribution in [-0.4, -0.2) is 47.1 Å². The van der Waals surface area contributed by atoms with Crippen LogP contribution in [0.25, 0.3) is 0 Å². The topological polar surface area (TPSA) is 125 Å². The molecule has 28 heavy (non-hydrogen) atoms. The largest absolute Gasteiger partial charge is 0.508 e. The van der Waals surface area contributed by atoms with Gasteiger partial charge in [-0.2, -0.15) is 0 Å². The van der Waals surface area contributed by atoms with Crippen molar-refractivity contribution in [3.63, 3.8) is 0 Å². The van der Waals surface area contributed by atoms with E-state index in [1.807, 2.05) is 0 Å². The molecule has 10 heteroatoms. The van der Waals surface area contributed by atoms with Gasteiger partial charge >= 0.3 is 12.1 Å². The van der Waals surface area contributed by atoms with Crippen LogP contribution in [0.5, 0.6) is 0 Å². The molecule has 1 aliphatic rings. The number of esters is 1. The van der Waals surface area contributed by atoms with Crippen molar-refractivity contribution in [2.45, 2.75) is 26.6 Å². The molecule has 0 aliphatic carbocycles. The van der Waals surface area contributed by atoms with Crippen molar-refractivity contribution in [3.05, 3.63) is 52.2 Å². The van der Waals surface area contributed by atoms with E-state index in [1.54, 1.807) is 13.8 Å². The third-order valence-corrected chi connectivity index (χ3v) is 4.15. The van der Waals surface area contributed by atoms with Gasteiger partial charge in [0.05, 0.1) is 17.4 Å². The molecular formula is C18H20N2O8. The number of carbonyl (C=O) groups excluding carboxylic acids is 3. The molecule has 1 aromatic rings. The van der Waals surface area contributed by atoms with Crippen LogP contribution in [-0.2, 0) is 30.4 Å². The quantitative estimate of drug-likeness (QED) is 0.217. The van der Waals surface area contributed by atoms with Gasteiger partial charge in [-0.3, -0.25) is 14.9 Å². The van der Waals surface area contributed by atoms with Crippen LogP contribution in [0.15, 0.2) is 36.5 Å². The number of nitro benzene ring substituents is 1. The maximum absolute atomic E-state index is 12.2. The fraction of sp³-hybridized carbons (Fsp3) is 0.389. The van der Waals surface area contributed by atoms with E-state index in [0.29, 0.717) is 5.56 Å². The van der Waals surface area contributed by atoms with Crippen LogP contribution in [0.1, 0.15) is 19.4 Å². The first kappa shape index (κ1) is 20.9. The lowest BCUT2D eigenvalue weighted by Crippen LogP contribution is -2.57. The first-order valence-electron chi connectivity index (χ1n) is 8.48. The Bertz CT molecular complexity index is 789. The van der Waals surface area contributed by atoms with Gasteiger partial charge in [0.1, 0.15) is 18.4 Å². The zero-order valence-corrected chi connectivity index (χ0v) is 15.5. The number of hydrogen-bond acceptors (Lipinski definition) is 8. The van der Waals surface area contributed by atoms with Crippen LogP contribution < -0.4 is 0 Å². The Kier molecular flexibility index (Phi) is 6.69. The predicted molar refractivity (Wildman–Crippen MR) is 94.8 cm³/mol. The van der Waals surface area contributed by atoms with Crippen molar-refractivity contribution in [2.24, 2.45) is 5.92 Å². The number of β-lactam (4-membered cyclic amide) rings is 1. The number of ether oxygens (including phenoxy) is 3. The molecule has 0 spiro atoms. The molecule has 1 fully saturated rings. The fourth-order valence-electron chi connectivity index (χ4n) is 2.49. The fourth-order valence-corrected chi connectivity index (χ4v) is 2.49. The highest BCUT2D eigenvalue weighted by Crippen LogP contribution is 2.27. The maximum Gasteiger partial charge on any atom is 0.508 e. The number of benzene rings is 1. The van der Waals surface area contributed by atoms with Crippen LogP contribution in [0.4, 0.5) is 10.5 Å². The number of nitrogens with zero attached hydrogens (tertiary/aromatic N) is 2. The Morgan fingerprint density at radius 3 is 2.50 bits per heavy atom. The molecule has 1 aliphatic heterocycles. The first-order chi connectivity index (χ1) is 13.2. The minimum atomic E-state index is -0.971. The molecule has 1 amide bonds. The molecule has 1 heterocycles. The molecule has 150 valence electrons. The van der Waals surface area contributed by atoms with E-state index >= 15 is 0 Å². The molecule has 0 aromatic heterocycles. The maximum atomic E-state index is 12.2. The van der Waals surface area contributed by atoms with Gasteiger partial charge in [0.15, 0.2) is 0 Å². The number of rotatable bonds is 8. The minimum absolute atomic E-state index is 0.0592. The van der Waals surface area contributed by atoms with Gasteiger partial charge in [-0.25, -0.2) is 9.59 Å². The van der Waals surface area contributed by atoms with E-state index in [0.717, 1.165) is 0 Å². The number of amides is 1. The predicted octanol–water partition coefficient (Wildman–Crippen LogP) is 2.17. The Hall–Kier alpha value is -3.43. The average molecular weight is 392 g/mol. The van der Waals surface area contributed by atoms with E-state index in [4.69, 9.17) is 14.2 Å². The Balaban J connectivity index is 1.78. The van der Waals surface area contributed by atoms with Crippen molar-refractivity contribution < 1.29 is 33.5 Å². The first-order valence-corrected chi connectivity index (χ1v) is 8.48. The smallest absolute Gasteiger partial charge is 0.461 e. The SMILES string of the molecule is C=C(C(=O)OCC)N1CC([C@@H](C)OC(=O)OCc2ccc([N+](=O)[O-])cc2)C1=O. The lowest BCUT2D eigenvalue weighted by Gasteiger charge is -2.40. The van der Waals surface area contributed by atoms with Crippen molar-refractivity contribution in [2.75, 3.05) is 13.2 Å². The normalized spacial score (nSPS) is 16.6. The third kappa shape index (κ3) is 4.84. The van der Waals surface area contributed by atoms with Gasteiger partial charge < -0.3 is 19.1 Å². The van der Waals surface area contributed by atoms with Crippen molar-refractivity contribution >= 4 is 23.7 Å². The highest BCUT2D eigenvalue weighted by atomic mass is 16.7. The van der Waals surface area contributed by atoms with E-state index in [-0.39, 0.29) is 31.1 Å². The van der Waals surface area contributed by atoms with Crippen molar-refractivity contribution in [3.8, 4) is 0 Å². The molecular weight excluding hydrogens is 372 g/mol. The van der Waals surface area contributed by atoms with E-state index in [9.17, 15) is 24.5 Å². The minimum Gasteiger partial charge on any atom is -0.461 e. The molecule has 1 unspecified atom stereocenters. The highest BCUT2D eigenvalue weighted by Gasteiger charge is 2.45. The Morgan fingerprint density at radius 1 is 1.32 bits per heavy atom. The Morgan fingerprint density at radius 2 is 1.96 bits per heavy atom.